The Morgan fingerprint density at radius 2 is 1.96 bits per heavy atom. The Kier molecular flexibility index (Phi) is 11.8. The summed E-state index contributed by atoms with van der Waals surface area (Å²) in [6.45, 7) is 5.97. The topological polar surface area (TPSA) is 86.7 Å². The summed E-state index contributed by atoms with van der Waals surface area (Å²) in [6.07, 6.45) is 2.07. The van der Waals surface area contributed by atoms with Gasteiger partial charge >= 0.3 is 0 Å². The number of aldehydes is 1. The standard InChI is InChI=1S/C11H11F2NO.C7H13NO2.CH4O/c12-9-4-1-3-8(11(9)13)7-14-6-2-5-10(14)15;1-5(2)7(4-9)8-6(3)10;1-2/h1,3-4H,2,5-7H2;4-5,7H,1-3H3,(H,8,10);2H,1H3. The predicted molar refractivity (Wildman–Crippen MR) is 97.7 cm³/mol. The molecule has 0 saturated carbocycles. The van der Waals surface area contributed by atoms with E-state index in [0.29, 0.717) is 13.0 Å². The van der Waals surface area contributed by atoms with Crippen molar-refractivity contribution in [2.45, 2.75) is 46.2 Å². The molecule has 0 bridgehead atoms. The number of hydrogen-bond acceptors (Lipinski definition) is 4. The van der Waals surface area contributed by atoms with Gasteiger partial charge < -0.3 is 20.1 Å². The fourth-order valence-electron chi connectivity index (χ4n) is 2.34. The monoisotopic (exact) mass is 386 g/mol. The Bertz CT molecular complexity index is 624. The summed E-state index contributed by atoms with van der Waals surface area (Å²) in [4.78, 5) is 33.6. The number of halogens is 2. The minimum atomic E-state index is -0.862. The van der Waals surface area contributed by atoms with Crippen molar-refractivity contribution >= 4 is 18.1 Å². The maximum Gasteiger partial charge on any atom is 0.222 e. The summed E-state index contributed by atoms with van der Waals surface area (Å²) in [5.74, 6) is -1.69. The second-order valence-electron chi connectivity index (χ2n) is 6.24. The quantitative estimate of drug-likeness (QED) is 0.759. The summed E-state index contributed by atoms with van der Waals surface area (Å²) in [5, 5.41) is 9.52. The van der Waals surface area contributed by atoms with Gasteiger partial charge in [0.05, 0.1) is 6.04 Å². The molecular formula is C19H28F2N2O4. The highest BCUT2D eigenvalue weighted by atomic mass is 19.2. The third kappa shape index (κ3) is 8.72. The fraction of sp³-hybridized carbons (Fsp3) is 0.526. The molecule has 27 heavy (non-hydrogen) atoms. The van der Waals surface area contributed by atoms with Crippen LogP contribution in [0.3, 0.4) is 0 Å². The largest absolute Gasteiger partial charge is 0.400 e. The first kappa shape index (κ1) is 24.7. The van der Waals surface area contributed by atoms with E-state index in [1.165, 1.54) is 19.1 Å². The van der Waals surface area contributed by atoms with Crippen LogP contribution in [0.4, 0.5) is 8.78 Å². The lowest BCUT2D eigenvalue weighted by Crippen LogP contribution is -2.38. The van der Waals surface area contributed by atoms with Crippen LogP contribution in [0.5, 0.6) is 0 Å². The first-order valence-corrected chi connectivity index (χ1v) is 8.64. The van der Waals surface area contributed by atoms with Crippen molar-refractivity contribution in [3.63, 3.8) is 0 Å². The average molecular weight is 386 g/mol. The van der Waals surface area contributed by atoms with Gasteiger partial charge in [0.15, 0.2) is 11.6 Å². The van der Waals surface area contributed by atoms with Crippen LogP contribution in [-0.4, -0.2) is 47.8 Å². The van der Waals surface area contributed by atoms with Crippen LogP contribution in [0.1, 0.15) is 39.2 Å². The number of rotatable bonds is 5. The van der Waals surface area contributed by atoms with Gasteiger partial charge in [0, 0.05) is 39.1 Å². The van der Waals surface area contributed by atoms with E-state index in [-0.39, 0.29) is 35.9 Å². The number of nitrogens with zero attached hydrogens (tertiary/aromatic N) is 1. The molecule has 2 N–H and O–H groups in total. The molecule has 0 aromatic heterocycles. The molecule has 8 heteroatoms. The number of aliphatic hydroxyl groups is 1. The highest BCUT2D eigenvalue weighted by Crippen LogP contribution is 2.17. The van der Waals surface area contributed by atoms with Gasteiger partial charge in [0.2, 0.25) is 11.8 Å². The summed E-state index contributed by atoms with van der Waals surface area (Å²) in [7, 11) is 1.00. The second-order valence-corrected chi connectivity index (χ2v) is 6.24. The lowest BCUT2D eigenvalue weighted by Gasteiger charge is -2.15. The normalized spacial score (nSPS) is 13.9. The second kappa shape index (κ2) is 12.9. The molecule has 0 spiro atoms. The van der Waals surface area contributed by atoms with Crippen LogP contribution < -0.4 is 5.32 Å². The molecule has 1 aromatic rings. The molecule has 0 radical (unpaired) electrons. The third-order valence-electron chi connectivity index (χ3n) is 3.80. The predicted octanol–water partition coefficient (Wildman–Crippen LogP) is 2.04. The number of carbonyl (C=O) groups is 3. The zero-order valence-electron chi connectivity index (χ0n) is 16.2. The van der Waals surface area contributed by atoms with Crippen LogP contribution in [0.15, 0.2) is 18.2 Å². The number of hydrogen-bond donors (Lipinski definition) is 2. The maximum absolute atomic E-state index is 13.3. The number of benzene rings is 1. The van der Waals surface area contributed by atoms with Gasteiger partial charge in [0.1, 0.15) is 6.29 Å². The van der Waals surface area contributed by atoms with E-state index < -0.39 is 11.6 Å². The minimum absolute atomic E-state index is 0.0126. The van der Waals surface area contributed by atoms with Crippen LogP contribution >= 0.6 is 0 Å². The molecule has 1 saturated heterocycles. The van der Waals surface area contributed by atoms with E-state index in [0.717, 1.165) is 25.9 Å². The van der Waals surface area contributed by atoms with Crippen LogP contribution in [0.25, 0.3) is 0 Å². The summed E-state index contributed by atoms with van der Waals surface area (Å²) < 4.78 is 26.1. The van der Waals surface area contributed by atoms with Gasteiger partial charge in [-0.1, -0.05) is 26.0 Å². The number of nitrogens with one attached hydrogen (secondary N) is 1. The van der Waals surface area contributed by atoms with E-state index in [1.54, 1.807) is 4.90 Å². The molecule has 6 nitrogen and oxygen atoms in total. The molecule has 1 unspecified atom stereocenters. The molecule has 152 valence electrons. The average Bonchev–Trinajstić information content (AvgIpc) is 3.03. The summed E-state index contributed by atoms with van der Waals surface area (Å²) in [6, 6.07) is 3.70. The smallest absolute Gasteiger partial charge is 0.222 e. The highest BCUT2D eigenvalue weighted by Gasteiger charge is 2.21. The minimum Gasteiger partial charge on any atom is -0.400 e. The van der Waals surface area contributed by atoms with Crippen molar-refractivity contribution in [2.75, 3.05) is 13.7 Å². The molecule has 1 aliphatic rings. The van der Waals surface area contributed by atoms with Crippen LogP contribution in [0.2, 0.25) is 0 Å². The molecule has 1 aromatic carbocycles. The molecule has 2 amide bonds. The van der Waals surface area contributed by atoms with Crippen molar-refractivity contribution in [2.24, 2.45) is 5.92 Å². The van der Waals surface area contributed by atoms with E-state index in [1.807, 2.05) is 13.8 Å². The molecule has 1 fully saturated rings. The Morgan fingerprint density at radius 3 is 2.37 bits per heavy atom. The van der Waals surface area contributed by atoms with Gasteiger partial charge in [-0.3, -0.25) is 9.59 Å². The van der Waals surface area contributed by atoms with E-state index in [2.05, 4.69) is 5.32 Å². The molecule has 0 aliphatic carbocycles. The van der Waals surface area contributed by atoms with Crippen molar-refractivity contribution in [1.29, 1.82) is 0 Å². The van der Waals surface area contributed by atoms with E-state index in [4.69, 9.17) is 5.11 Å². The first-order chi connectivity index (χ1) is 12.8. The van der Waals surface area contributed by atoms with Gasteiger partial charge in [0.25, 0.3) is 0 Å². The summed E-state index contributed by atoms with van der Waals surface area (Å²) >= 11 is 0. The first-order valence-electron chi connectivity index (χ1n) is 8.64. The Balaban J connectivity index is 0.000000495. The zero-order valence-corrected chi connectivity index (χ0v) is 16.2. The van der Waals surface area contributed by atoms with Crippen LogP contribution in [-0.2, 0) is 20.9 Å². The number of likely N-dealkylation sites (tertiary alicyclic amines) is 1. The summed E-state index contributed by atoms with van der Waals surface area (Å²) in [5.41, 5.74) is 0.241. The van der Waals surface area contributed by atoms with Crippen molar-refractivity contribution in [1.82, 2.24) is 10.2 Å². The number of amides is 2. The number of aliphatic hydroxyl groups excluding tert-OH is 1. The maximum atomic E-state index is 13.3. The molecule has 1 heterocycles. The van der Waals surface area contributed by atoms with Crippen molar-refractivity contribution < 1.29 is 28.3 Å². The Morgan fingerprint density at radius 1 is 1.33 bits per heavy atom. The van der Waals surface area contributed by atoms with E-state index >= 15 is 0 Å². The van der Waals surface area contributed by atoms with Gasteiger partial charge in [-0.2, -0.15) is 0 Å². The Labute approximate surface area is 158 Å². The molecule has 1 atom stereocenters. The highest BCUT2D eigenvalue weighted by molar-refractivity contribution is 5.78. The van der Waals surface area contributed by atoms with E-state index in [9.17, 15) is 23.2 Å². The zero-order chi connectivity index (χ0) is 21.0. The Hall–Kier alpha value is -2.35. The molecule has 2 rings (SSSR count). The number of carbonyl (C=O) groups excluding carboxylic acids is 3. The lowest BCUT2D eigenvalue weighted by atomic mass is 10.1. The van der Waals surface area contributed by atoms with Gasteiger partial charge in [-0.15, -0.1) is 0 Å². The van der Waals surface area contributed by atoms with Gasteiger partial charge in [-0.05, 0) is 18.4 Å². The van der Waals surface area contributed by atoms with Crippen molar-refractivity contribution in [3.05, 3.63) is 35.4 Å². The fourth-order valence-corrected chi connectivity index (χ4v) is 2.34. The SMILES string of the molecule is CC(=O)NC(C=O)C(C)C.CO.O=C1CCCN1Cc1cccc(F)c1F. The molecule has 1 aliphatic heterocycles. The molecular weight excluding hydrogens is 358 g/mol. The lowest BCUT2D eigenvalue weighted by molar-refractivity contribution is -0.128. The van der Waals surface area contributed by atoms with Crippen LogP contribution in [0, 0.1) is 17.6 Å². The van der Waals surface area contributed by atoms with Crippen molar-refractivity contribution in [3.8, 4) is 0 Å². The van der Waals surface area contributed by atoms with Gasteiger partial charge in [-0.25, -0.2) is 8.78 Å². The third-order valence-corrected chi connectivity index (χ3v) is 3.80.